The molecule has 0 unspecified atom stereocenters. The molecule has 0 aliphatic rings. The van der Waals surface area contributed by atoms with Gasteiger partial charge in [-0.25, -0.2) is 0 Å². The summed E-state index contributed by atoms with van der Waals surface area (Å²) in [5.41, 5.74) is 1.53. The lowest BCUT2D eigenvalue weighted by Crippen LogP contribution is -2.12. The summed E-state index contributed by atoms with van der Waals surface area (Å²) in [6.07, 6.45) is -0.131. The van der Waals surface area contributed by atoms with Gasteiger partial charge in [0, 0.05) is 11.6 Å². The standard InChI is InChI=1S/C24H23NO5/c1-2-28-21-11-17(13-24(26)27)12-22(15-21)29-16-23(25)18-7-6-10-20(14-18)30-19-8-4-3-5-9-19/h3-12,14-15,25H,2,13,16H2,1H3,(H,26,27). The van der Waals surface area contributed by atoms with Gasteiger partial charge in [-0.2, -0.15) is 0 Å². The fourth-order valence-corrected chi connectivity index (χ4v) is 2.85. The van der Waals surface area contributed by atoms with Crippen LogP contribution in [0.2, 0.25) is 0 Å². The number of para-hydroxylation sites is 1. The lowest BCUT2D eigenvalue weighted by molar-refractivity contribution is -0.136. The summed E-state index contributed by atoms with van der Waals surface area (Å²) in [6.45, 7) is 2.33. The van der Waals surface area contributed by atoms with Crippen LogP contribution in [0.1, 0.15) is 18.1 Å². The molecular formula is C24H23NO5. The zero-order chi connectivity index (χ0) is 21.3. The van der Waals surface area contributed by atoms with Crippen molar-refractivity contribution in [2.24, 2.45) is 0 Å². The molecule has 154 valence electrons. The van der Waals surface area contributed by atoms with E-state index < -0.39 is 5.97 Å². The first-order valence-corrected chi connectivity index (χ1v) is 9.55. The van der Waals surface area contributed by atoms with Gasteiger partial charge in [0.1, 0.15) is 29.6 Å². The van der Waals surface area contributed by atoms with E-state index in [1.54, 1.807) is 24.3 Å². The van der Waals surface area contributed by atoms with Gasteiger partial charge in [0.25, 0.3) is 0 Å². The molecule has 0 amide bonds. The van der Waals surface area contributed by atoms with Gasteiger partial charge < -0.3 is 24.7 Å². The maximum absolute atomic E-state index is 11.0. The average molecular weight is 405 g/mol. The van der Waals surface area contributed by atoms with Gasteiger partial charge in [-0.1, -0.05) is 30.3 Å². The van der Waals surface area contributed by atoms with Crippen LogP contribution in [0.4, 0.5) is 0 Å². The molecule has 30 heavy (non-hydrogen) atoms. The van der Waals surface area contributed by atoms with Crippen molar-refractivity contribution < 1.29 is 24.1 Å². The van der Waals surface area contributed by atoms with Crippen LogP contribution in [0.3, 0.4) is 0 Å². The van der Waals surface area contributed by atoms with E-state index in [0.29, 0.717) is 35.0 Å². The van der Waals surface area contributed by atoms with E-state index >= 15 is 0 Å². The van der Waals surface area contributed by atoms with Crippen molar-refractivity contribution in [3.8, 4) is 23.0 Å². The molecule has 0 fully saturated rings. The number of hydrogen-bond acceptors (Lipinski definition) is 5. The fourth-order valence-electron chi connectivity index (χ4n) is 2.85. The van der Waals surface area contributed by atoms with Crippen molar-refractivity contribution in [3.05, 3.63) is 83.9 Å². The van der Waals surface area contributed by atoms with E-state index in [1.165, 1.54) is 0 Å². The zero-order valence-corrected chi connectivity index (χ0v) is 16.6. The first-order chi connectivity index (χ1) is 14.5. The van der Waals surface area contributed by atoms with Gasteiger partial charge >= 0.3 is 5.97 Å². The molecule has 3 rings (SSSR count). The molecule has 0 saturated carbocycles. The highest BCUT2D eigenvalue weighted by Gasteiger charge is 2.09. The molecule has 0 atom stereocenters. The summed E-state index contributed by atoms with van der Waals surface area (Å²) in [5.74, 6) is 1.41. The number of ether oxygens (including phenoxy) is 3. The third kappa shape index (κ3) is 6.10. The van der Waals surface area contributed by atoms with Crippen LogP contribution in [0.25, 0.3) is 0 Å². The minimum atomic E-state index is -0.933. The quantitative estimate of drug-likeness (QED) is 0.466. The van der Waals surface area contributed by atoms with Gasteiger partial charge in [0.05, 0.1) is 18.7 Å². The fraction of sp³-hybridized carbons (Fsp3) is 0.167. The van der Waals surface area contributed by atoms with E-state index in [4.69, 9.17) is 24.7 Å². The first-order valence-electron chi connectivity index (χ1n) is 9.55. The number of benzene rings is 3. The molecular weight excluding hydrogens is 382 g/mol. The molecule has 0 spiro atoms. The van der Waals surface area contributed by atoms with Crippen LogP contribution in [-0.4, -0.2) is 30.0 Å². The second kappa shape index (κ2) is 10.1. The minimum absolute atomic E-state index is 0.0247. The van der Waals surface area contributed by atoms with Gasteiger partial charge in [0.15, 0.2) is 0 Å². The highest BCUT2D eigenvalue weighted by molar-refractivity contribution is 5.99. The Balaban J connectivity index is 1.68. The number of carbonyl (C=O) groups is 1. The van der Waals surface area contributed by atoms with E-state index in [2.05, 4.69) is 0 Å². The van der Waals surface area contributed by atoms with E-state index in [0.717, 1.165) is 5.75 Å². The predicted octanol–water partition coefficient (Wildman–Crippen LogP) is 4.95. The highest BCUT2D eigenvalue weighted by Crippen LogP contribution is 2.25. The summed E-state index contributed by atoms with van der Waals surface area (Å²) < 4.78 is 17.1. The van der Waals surface area contributed by atoms with Gasteiger partial charge in [-0.3, -0.25) is 4.79 Å². The molecule has 3 aromatic carbocycles. The number of carboxylic acids is 1. The maximum atomic E-state index is 11.0. The zero-order valence-electron chi connectivity index (χ0n) is 16.6. The number of rotatable bonds is 10. The third-order valence-corrected chi connectivity index (χ3v) is 4.15. The largest absolute Gasteiger partial charge is 0.494 e. The van der Waals surface area contributed by atoms with Crippen LogP contribution < -0.4 is 14.2 Å². The number of nitrogens with one attached hydrogen (secondary N) is 1. The van der Waals surface area contributed by atoms with Crippen LogP contribution in [-0.2, 0) is 11.2 Å². The Bertz CT molecular complexity index is 1020. The van der Waals surface area contributed by atoms with Crippen molar-refractivity contribution in [3.63, 3.8) is 0 Å². The molecule has 3 aromatic rings. The highest BCUT2D eigenvalue weighted by atomic mass is 16.5. The maximum Gasteiger partial charge on any atom is 0.307 e. The number of hydrogen-bond donors (Lipinski definition) is 2. The first kappa shape index (κ1) is 20.9. The Labute approximate surface area is 175 Å². The molecule has 0 aliphatic carbocycles. The second-order valence-electron chi connectivity index (χ2n) is 6.53. The van der Waals surface area contributed by atoms with Crippen molar-refractivity contribution in [1.29, 1.82) is 5.41 Å². The van der Waals surface area contributed by atoms with Crippen molar-refractivity contribution >= 4 is 11.7 Å². The van der Waals surface area contributed by atoms with Crippen molar-refractivity contribution in [2.75, 3.05) is 13.2 Å². The summed E-state index contributed by atoms with van der Waals surface area (Å²) >= 11 is 0. The van der Waals surface area contributed by atoms with Crippen LogP contribution in [0, 0.1) is 5.41 Å². The Morgan fingerprint density at radius 3 is 2.27 bits per heavy atom. The summed E-state index contributed by atoms with van der Waals surface area (Å²) in [4.78, 5) is 11.0. The van der Waals surface area contributed by atoms with E-state index in [-0.39, 0.29) is 18.7 Å². The molecule has 6 heteroatoms. The molecule has 0 radical (unpaired) electrons. The number of aliphatic carboxylic acids is 1. The van der Waals surface area contributed by atoms with Gasteiger partial charge in [-0.15, -0.1) is 0 Å². The normalized spacial score (nSPS) is 10.3. The molecule has 0 bridgehead atoms. The Hall–Kier alpha value is -3.80. The molecule has 2 N–H and O–H groups in total. The van der Waals surface area contributed by atoms with Crippen LogP contribution >= 0.6 is 0 Å². The summed E-state index contributed by atoms with van der Waals surface area (Å²) in [5, 5.41) is 17.4. The van der Waals surface area contributed by atoms with E-state index in [9.17, 15) is 4.79 Å². The third-order valence-electron chi connectivity index (χ3n) is 4.15. The molecule has 0 aromatic heterocycles. The molecule has 0 heterocycles. The molecule has 0 aliphatic heterocycles. The molecule has 6 nitrogen and oxygen atoms in total. The van der Waals surface area contributed by atoms with Crippen LogP contribution in [0.5, 0.6) is 23.0 Å². The summed E-state index contributed by atoms with van der Waals surface area (Å²) in [7, 11) is 0. The predicted molar refractivity (Wildman–Crippen MR) is 114 cm³/mol. The summed E-state index contributed by atoms with van der Waals surface area (Å²) in [6, 6.07) is 21.7. The topological polar surface area (TPSA) is 88.8 Å². The monoisotopic (exact) mass is 405 g/mol. The molecule has 0 saturated heterocycles. The van der Waals surface area contributed by atoms with Gasteiger partial charge in [0.2, 0.25) is 0 Å². The minimum Gasteiger partial charge on any atom is -0.494 e. The SMILES string of the molecule is CCOc1cc(CC(=O)O)cc(OCC(=N)c2cccc(Oc3ccccc3)c2)c1. The smallest absolute Gasteiger partial charge is 0.307 e. The van der Waals surface area contributed by atoms with Crippen molar-refractivity contribution in [2.45, 2.75) is 13.3 Å². The Morgan fingerprint density at radius 1 is 0.867 bits per heavy atom. The average Bonchev–Trinajstić information content (AvgIpc) is 2.72. The van der Waals surface area contributed by atoms with Crippen molar-refractivity contribution in [1.82, 2.24) is 0 Å². The number of carboxylic acid groups (broad SMARTS) is 1. The van der Waals surface area contributed by atoms with Crippen LogP contribution in [0.15, 0.2) is 72.8 Å². The van der Waals surface area contributed by atoms with Gasteiger partial charge in [-0.05, 0) is 48.9 Å². The lowest BCUT2D eigenvalue weighted by atomic mass is 10.1. The Morgan fingerprint density at radius 2 is 1.57 bits per heavy atom. The van der Waals surface area contributed by atoms with E-state index in [1.807, 2.05) is 55.5 Å². The second-order valence-corrected chi connectivity index (χ2v) is 6.53. The Kier molecular flexibility index (Phi) is 7.05. The lowest BCUT2D eigenvalue weighted by Gasteiger charge is -2.12.